The van der Waals surface area contributed by atoms with Gasteiger partial charge in [0.15, 0.2) is 0 Å². The number of halogens is 2. The van der Waals surface area contributed by atoms with Crippen molar-refractivity contribution in [2.45, 2.75) is 6.54 Å². The van der Waals surface area contributed by atoms with Crippen molar-refractivity contribution in [2.24, 2.45) is 0 Å². The lowest BCUT2D eigenvalue weighted by molar-refractivity contribution is 0.102. The fourth-order valence-corrected chi connectivity index (χ4v) is 2.77. The van der Waals surface area contributed by atoms with Crippen LogP contribution in [0.25, 0.3) is 0 Å². The molecule has 5 nitrogen and oxygen atoms in total. The fraction of sp³-hybridized carbons (Fsp3) is 0.0556. The molecule has 0 aliphatic rings. The van der Waals surface area contributed by atoms with Gasteiger partial charge in [0.1, 0.15) is 5.56 Å². The number of carbonyl (C=O) groups is 1. The molecule has 1 aromatic carbocycles. The van der Waals surface area contributed by atoms with Crippen LogP contribution in [0.5, 0.6) is 0 Å². The Kier molecular flexibility index (Phi) is 5.16. The second-order valence-corrected chi connectivity index (χ2v) is 6.12. The molecule has 3 rings (SSSR count). The third kappa shape index (κ3) is 4.07. The predicted octanol–water partition coefficient (Wildman–Crippen LogP) is 3.85. The third-order valence-corrected chi connectivity index (χ3v) is 4.15. The van der Waals surface area contributed by atoms with Gasteiger partial charge in [-0.3, -0.25) is 14.6 Å². The van der Waals surface area contributed by atoms with E-state index in [0.29, 0.717) is 15.7 Å². The van der Waals surface area contributed by atoms with Gasteiger partial charge in [0.25, 0.3) is 11.5 Å². The van der Waals surface area contributed by atoms with Crippen molar-refractivity contribution in [1.82, 2.24) is 9.55 Å². The topological polar surface area (TPSA) is 64.0 Å². The summed E-state index contributed by atoms with van der Waals surface area (Å²) in [7, 11) is 0. The number of aromatic nitrogens is 2. The Hall–Kier alpha value is -2.63. The average molecular weight is 374 g/mol. The zero-order valence-electron chi connectivity index (χ0n) is 12.9. The number of hydrogen-bond acceptors (Lipinski definition) is 3. The van der Waals surface area contributed by atoms with Crippen molar-refractivity contribution in [1.29, 1.82) is 0 Å². The summed E-state index contributed by atoms with van der Waals surface area (Å²) in [5.41, 5.74) is 0.944. The summed E-state index contributed by atoms with van der Waals surface area (Å²) in [4.78, 5) is 28.8. The molecule has 3 aromatic rings. The quantitative estimate of drug-likeness (QED) is 0.755. The summed E-state index contributed by atoms with van der Waals surface area (Å²) in [6, 6.07) is 11.5. The summed E-state index contributed by atoms with van der Waals surface area (Å²) in [6.45, 7) is 0.241. The van der Waals surface area contributed by atoms with Gasteiger partial charge >= 0.3 is 0 Å². The SMILES string of the molecule is O=C(Nc1ccncc1)c1cccn(Cc2ccc(Cl)cc2Cl)c1=O. The van der Waals surface area contributed by atoms with E-state index in [1.165, 1.54) is 10.6 Å². The van der Waals surface area contributed by atoms with E-state index in [1.807, 2.05) is 0 Å². The Morgan fingerprint density at radius 1 is 1.12 bits per heavy atom. The zero-order valence-corrected chi connectivity index (χ0v) is 14.5. The van der Waals surface area contributed by atoms with Crippen LogP contribution in [-0.4, -0.2) is 15.5 Å². The third-order valence-electron chi connectivity index (χ3n) is 3.56. The molecule has 25 heavy (non-hydrogen) atoms. The maximum atomic E-state index is 12.6. The zero-order chi connectivity index (χ0) is 17.8. The monoisotopic (exact) mass is 373 g/mol. The molecule has 126 valence electrons. The number of anilines is 1. The first-order valence-corrected chi connectivity index (χ1v) is 8.15. The number of nitrogens with one attached hydrogen (secondary N) is 1. The molecule has 2 heterocycles. The van der Waals surface area contributed by atoms with Crippen molar-refractivity contribution in [3.8, 4) is 0 Å². The minimum absolute atomic E-state index is 0.0457. The van der Waals surface area contributed by atoms with E-state index in [4.69, 9.17) is 23.2 Å². The van der Waals surface area contributed by atoms with Crippen LogP contribution in [0.1, 0.15) is 15.9 Å². The molecule has 0 unspecified atom stereocenters. The molecule has 0 saturated carbocycles. The van der Waals surface area contributed by atoms with E-state index in [9.17, 15) is 9.59 Å². The van der Waals surface area contributed by atoms with E-state index < -0.39 is 11.5 Å². The summed E-state index contributed by atoms with van der Waals surface area (Å²) >= 11 is 12.0. The molecule has 0 aliphatic heterocycles. The van der Waals surface area contributed by atoms with E-state index in [0.717, 1.165) is 5.56 Å². The van der Waals surface area contributed by atoms with Crippen LogP contribution in [0.3, 0.4) is 0 Å². The lowest BCUT2D eigenvalue weighted by atomic mass is 10.2. The standard InChI is InChI=1S/C18H13Cl2N3O2/c19-13-4-3-12(16(20)10-13)11-23-9-1-2-15(18(23)25)17(24)22-14-5-7-21-8-6-14/h1-10H,11H2,(H,21,22,24). The Morgan fingerprint density at radius 2 is 1.88 bits per heavy atom. The molecule has 0 atom stereocenters. The highest BCUT2D eigenvalue weighted by Crippen LogP contribution is 2.21. The van der Waals surface area contributed by atoms with E-state index in [1.54, 1.807) is 55.0 Å². The van der Waals surface area contributed by atoms with Gasteiger partial charge in [0.05, 0.1) is 6.54 Å². The first-order chi connectivity index (χ1) is 12.0. The van der Waals surface area contributed by atoms with Gasteiger partial charge in [0.2, 0.25) is 0 Å². The second-order valence-electron chi connectivity index (χ2n) is 5.28. The van der Waals surface area contributed by atoms with Crippen LogP contribution in [0.4, 0.5) is 5.69 Å². The van der Waals surface area contributed by atoms with Gasteiger partial charge < -0.3 is 9.88 Å². The van der Waals surface area contributed by atoms with Gasteiger partial charge in [-0.05, 0) is 42.0 Å². The van der Waals surface area contributed by atoms with Crippen molar-refractivity contribution >= 4 is 34.8 Å². The maximum Gasteiger partial charge on any atom is 0.263 e. The Bertz CT molecular complexity index is 972. The molecule has 1 amide bonds. The second kappa shape index (κ2) is 7.51. The van der Waals surface area contributed by atoms with Crippen LogP contribution >= 0.6 is 23.2 Å². The Labute approximate surface area is 153 Å². The van der Waals surface area contributed by atoms with Gasteiger partial charge in [0, 0.05) is 34.3 Å². The number of benzene rings is 1. The lowest BCUT2D eigenvalue weighted by Crippen LogP contribution is -2.29. The highest BCUT2D eigenvalue weighted by atomic mass is 35.5. The van der Waals surface area contributed by atoms with Crippen molar-refractivity contribution in [3.63, 3.8) is 0 Å². The first-order valence-electron chi connectivity index (χ1n) is 7.39. The van der Waals surface area contributed by atoms with Crippen LogP contribution < -0.4 is 10.9 Å². The summed E-state index contributed by atoms with van der Waals surface area (Å²) in [6.07, 6.45) is 4.72. The normalized spacial score (nSPS) is 10.5. The van der Waals surface area contributed by atoms with Gasteiger partial charge in [-0.25, -0.2) is 0 Å². The molecule has 7 heteroatoms. The van der Waals surface area contributed by atoms with Crippen molar-refractivity contribution in [3.05, 3.63) is 92.6 Å². The van der Waals surface area contributed by atoms with E-state index in [-0.39, 0.29) is 12.1 Å². The van der Waals surface area contributed by atoms with Crippen molar-refractivity contribution < 1.29 is 4.79 Å². The predicted molar refractivity (Wildman–Crippen MR) is 98.5 cm³/mol. The average Bonchev–Trinajstić information content (AvgIpc) is 2.59. The molecule has 1 N–H and O–H groups in total. The summed E-state index contributed by atoms with van der Waals surface area (Å²) < 4.78 is 1.43. The largest absolute Gasteiger partial charge is 0.322 e. The minimum Gasteiger partial charge on any atom is -0.322 e. The van der Waals surface area contributed by atoms with Crippen LogP contribution in [0.2, 0.25) is 10.0 Å². The molecule has 2 aromatic heterocycles. The van der Waals surface area contributed by atoms with E-state index >= 15 is 0 Å². The smallest absolute Gasteiger partial charge is 0.263 e. The molecule has 0 fully saturated rings. The number of pyridine rings is 2. The van der Waals surface area contributed by atoms with Gasteiger partial charge in [-0.15, -0.1) is 0 Å². The first kappa shape index (κ1) is 17.2. The molecular formula is C18H13Cl2N3O2. The van der Waals surface area contributed by atoms with Crippen LogP contribution in [0.15, 0.2) is 65.8 Å². The highest BCUT2D eigenvalue weighted by Gasteiger charge is 2.13. The number of rotatable bonds is 4. The van der Waals surface area contributed by atoms with Crippen LogP contribution in [0, 0.1) is 0 Å². The number of hydrogen-bond donors (Lipinski definition) is 1. The molecule has 0 radical (unpaired) electrons. The maximum absolute atomic E-state index is 12.6. The summed E-state index contributed by atoms with van der Waals surface area (Å²) in [5, 5.41) is 3.66. The molecule has 0 aliphatic carbocycles. The van der Waals surface area contributed by atoms with Crippen molar-refractivity contribution in [2.75, 3.05) is 5.32 Å². The fourth-order valence-electron chi connectivity index (χ4n) is 2.30. The van der Waals surface area contributed by atoms with Crippen LogP contribution in [-0.2, 0) is 6.54 Å². The number of carbonyl (C=O) groups excluding carboxylic acids is 1. The molecule has 0 saturated heterocycles. The Morgan fingerprint density at radius 3 is 2.60 bits per heavy atom. The molecule has 0 bridgehead atoms. The number of nitrogens with zero attached hydrogens (tertiary/aromatic N) is 2. The van der Waals surface area contributed by atoms with Gasteiger partial charge in [-0.1, -0.05) is 29.3 Å². The highest BCUT2D eigenvalue weighted by molar-refractivity contribution is 6.35. The van der Waals surface area contributed by atoms with E-state index in [2.05, 4.69) is 10.3 Å². The summed E-state index contributed by atoms with van der Waals surface area (Å²) in [5.74, 6) is -0.479. The minimum atomic E-state index is -0.479. The molecular weight excluding hydrogens is 361 g/mol. The molecule has 0 spiro atoms. The Balaban J connectivity index is 1.87. The number of amides is 1. The lowest BCUT2D eigenvalue weighted by Gasteiger charge is -2.10. The van der Waals surface area contributed by atoms with Gasteiger partial charge in [-0.2, -0.15) is 0 Å².